The van der Waals surface area contributed by atoms with Crippen molar-refractivity contribution in [3.05, 3.63) is 52.9 Å². The number of hydrogen-bond donors (Lipinski definition) is 1. The molecule has 110 valence electrons. The highest BCUT2D eigenvalue weighted by Gasteiger charge is 2.23. The van der Waals surface area contributed by atoms with Gasteiger partial charge in [0.05, 0.1) is 5.56 Å². The molecule has 0 saturated heterocycles. The number of aryl methyl sites for hydroxylation is 2. The fraction of sp³-hybridized carbons (Fsp3) is 0.188. The van der Waals surface area contributed by atoms with Crippen molar-refractivity contribution in [1.82, 2.24) is 14.4 Å². The van der Waals surface area contributed by atoms with E-state index < -0.39 is 0 Å². The normalized spacial score (nSPS) is 11.5. The monoisotopic (exact) mass is 310 g/mol. The van der Waals surface area contributed by atoms with Gasteiger partial charge >= 0.3 is 4.96 Å². The lowest BCUT2D eigenvalue weighted by Crippen LogP contribution is -2.34. The van der Waals surface area contributed by atoms with Crippen LogP contribution in [-0.2, 0) is 6.54 Å². The number of benzene rings is 1. The molecular weight excluding hydrogens is 294 g/mol. The van der Waals surface area contributed by atoms with Crippen molar-refractivity contribution in [2.24, 2.45) is 0 Å². The second-order valence-corrected chi connectivity index (χ2v) is 6.23. The van der Waals surface area contributed by atoms with E-state index in [2.05, 4.69) is 55.5 Å². The van der Waals surface area contributed by atoms with Crippen molar-refractivity contribution < 1.29 is 4.57 Å². The summed E-state index contributed by atoms with van der Waals surface area (Å²) in [5, 5.41) is 2.17. The number of thiazole rings is 1. The minimum atomic E-state index is 0.553. The summed E-state index contributed by atoms with van der Waals surface area (Å²) >= 11 is 1.74. The largest absolute Gasteiger partial charge is 0.383 e. The summed E-state index contributed by atoms with van der Waals surface area (Å²) in [6, 6.07) is 8.42. The minimum Gasteiger partial charge on any atom is -0.383 e. The lowest BCUT2D eigenvalue weighted by Gasteiger charge is -2.03. The van der Waals surface area contributed by atoms with Crippen LogP contribution in [-0.4, -0.2) is 14.4 Å². The molecule has 0 radical (unpaired) electrons. The molecule has 4 aromatic rings. The van der Waals surface area contributed by atoms with Crippen LogP contribution < -0.4 is 10.3 Å². The summed E-state index contributed by atoms with van der Waals surface area (Å²) in [5.74, 6) is 1.25. The van der Waals surface area contributed by atoms with E-state index in [1.165, 1.54) is 21.7 Å². The number of anilines is 1. The Morgan fingerprint density at radius 1 is 1.27 bits per heavy atom. The van der Waals surface area contributed by atoms with Crippen molar-refractivity contribution in [3.63, 3.8) is 0 Å². The molecule has 6 heteroatoms. The van der Waals surface area contributed by atoms with Gasteiger partial charge in [0.2, 0.25) is 0 Å². The van der Waals surface area contributed by atoms with Gasteiger partial charge in [0.1, 0.15) is 23.9 Å². The van der Waals surface area contributed by atoms with E-state index in [4.69, 9.17) is 5.73 Å². The zero-order chi connectivity index (χ0) is 15.3. The lowest BCUT2D eigenvalue weighted by atomic mass is 10.2. The molecule has 0 saturated carbocycles. The van der Waals surface area contributed by atoms with Crippen LogP contribution in [0.4, 0.5) is 5.82 Å². The predicted molar refractivity (Wildman–Crippen MR) is 88.0 cm³/mol. The highest BCUT2D eigenvalue weighted by Crippen LogP contribution is 2.22. The van der Waals surface area contributed by atoms with E-state index in [0.29, 0.717) is 18.2 Å². The standard InChI is InChI=1S/C16H16N5S/c1-10-9-22-16-20(8-12-7-18-11(2)19-15(12)17)13-5-3-4-6-14(13)21(10)16/h3-7,9H,8H2,1-2H3,(H2,17,18,19)/q+1. The Morgan fingerprint density at radius 3 is 2.91 bits per heavy atom. The van der Waals surface area contributed by atoms with E-state index in [1.807, 2.05) is 13.1 Å². The molecule has 0 unspecified atom stereocenters. The van der Waals surface area contributed by atoms with E-state index >= 15 is 0 Å². The second-order valence-electron chi connectivity index (χ2n) is 5.40. The zero-order valence-electron chi connectivity index (χ0n) is 12.4. The molecule has 0 aliphatic heterocycles. The Bertz CT molecular complexity index is 999. The van der Waals surface area contributed by atoms with E-state index in [1.54, 1.807) is 11.3 Å². The number of aromatic nitrogens is 4. The van der Waals surface area contributed by atoms with Gasteiger partial charge in [-0.2, -0.15) is 4.40 Å². The molecule has 0 amide bonds. The summed E-state index contributed by atoms with van der Waals surface area (Å²) in [4.78, 5) is 9.74. The van der Waals surface area contributed by atoms with Crippen molar-refractivity contribution in [3.8, 4) is 0 Å². The van der Waals surface area contributed by atoms with Gasteiger partial charge in [-0.25, -0.2) is 14.5 Å². The third-order valence-corrected chi connectivity index (χ3v) is 4.94. The summed E-state index contributed by atoms with van der Waals surface area (Å²) in [6.45, 7) is 4.65. The highest BCUT2D eigenvalue weighted by molar-refractivity contribution is 7.14. The van der Waals surface area contributed by atoms with Gasteiger partial charge in [0.15, 0.2) is 11.0 Å². The molecule has 0 aliphatic carbocycles. The van der Waals surface area contributed by atoms with E-state index in [-0.39, 0.29) is 0 Å². The topological polar surface area (TPSA) is 60.1 Å². The van der Waals surface area contributed by atoms with Crippen LogP contribution in [0.15, 0.2) is 35.8 Å². The van der Waals surface area contributed by atoms with Crippen LogP contribution >= 0.6 is 11.3 Å². The molecule has 0 atom stereocenters. The number of imidazole rings is 1. The number of nitrogens with zero attached hydrogens (tertiary/aromatic N) is 4. The van der Waals surface area contributed by atoms with Crippen LogP contribution in [0.3, 0.4) is 0 Å². The van der Waals surface area contributed by atoms with Gasteiger partial charge in [-0.1, -0.05) is 23.5 Å². The van der Waals surface area contributed by atoms with Crippen LogP contribution in [0.5, 0.6) is 0 Å². The molecular formula is C16H16N5S+. The van der Waals surface area contributed by atoms with Crippen LogP contribution in [0, 0.1) is 13.8 Å². The second kappa shape index (κ2) is 4.78. The van der Waals surface area contributed by atoms with Crippen LogP contribution in [0.25, 0.3) is 16.0 Å². The third-order valence-electron chi connectivity index (χ3n) is 3.87. The Morgan fingerprint density at radius 2 is 2.09 bits per heavy atom. The average molecular weight is 310 g/mol. The van der Waals surface area contributed by atoms with Gasteiger partial charge < -0.3 is 5.73 Å². The number of nitrogen functional groups attached to an aromatic ring is 1. The summed E-state index contributed by atoms with van der Waals surface area (Å²) in [7, 11) is 0. The SMILES string of the molecule is Cc1ncc(C[n+]2c3ccccc3n3c(C)csc32)c(N)n1. The van der Waals surface area contributed by atoms with Crippen molar-refractivity contribution in [1.29, 1.82) is 0 Å². The Hall–Kier alpha value is -2.47. The number of hydrogen-bond acceptors (Lipinski definition) is 4. The smallest absolute Gasteiger partial charge is 0.347 e. The summed E-state index contributed by atoms with van der Waals surface area (Å²) in [6.07, 6.45) is 1.82. The first-order chi connectivity index (χ1) is 10.6. The predicted octanol–water partition coefficient (Wildman–Crippen LogP) is 2.48. The number of nitrogens with two attached hydrogens (primary N) is 1. The first kappa shape index (κ1) is 13.2. The summed E-state index contributed by atoms with van der Waals surface area (Å²) < 4.78 is 4.56. The molecule has 2 N–H and O–H groups in total. The number of rotatable bonds is 2. The van der Waals surface area contributed by atoms with Crippen molar-refractivity contribution in [2.75, 3.05) is 5.73 Å². The molecule has 4 rings (SSSR count). The van der Waals surface area contributed by atoms with Gasteiger partial charge in [-0.15, -0.1) is 0 Å². The van der Waals surface area contributed by atoms with Gasteiger partial charge in [0.25, 0.3) is 0 Å². The van der Waals surface area contributed by atoms with Crippen molar-refractivity contribution in [2.45, 2.75) is 20.4 Å². The maximum absolute atomic E-state index is 6.06. The van der Waals surface area contributed by atoms with Gasteiger partial charge in [-0.3, -0.25) is 0 Å². The fourth-order valence-corrected chi connectivity index (χ4v) is 3.83. The lowest BCUT2D eigenvalue weighted by molar-refractivity contribution is -0.634. The van der Waals surface area contributed by atoms with Crippen LogP contribution in [0.1, 0.15) is 17.1 Å². The molecule has 3 heterocycles. The molecule has 5 nitrogen and oxygen atoms in total. The number of para-hydroxylation sites is 2. The third kappa shape index (κ3) is 1.88. The Kier molecular flexibility index (Phi) is 2.87. The maximum Gasteiger partial charge on any atom is 0.347 e. The first-order valence-electron chi connectivity index (χ1n) is 7.10. The number of fused-ring (bicyclic) bond motifs is 3. The molecule has 22 heavy (non-hydrogen) atoms. The van der Waals surface area contributed by atoms with Crippen LogP contribution in [0.2, 0.25) is 0 Å². The molecule has 0 fully saturated rings. The quantitative estimate of drug-likeness (QED) is 0.579. The minimum absolute atomic E-state index is 0.553. The highest BCUT2D eigenvalue weighted by atomic mass is 32.1. The van der Waals surface area contributed by atoms with E-state index in [0.717, 1.165) is 5.56 Å². The van der Waals surface area contributed by atoms with Gasteiger partial charge in [-0.05, 0) is 26.0 Å². The summed E-state index contributed by atoms with van der Waals surface area (Å²) in [5.41, 5.74) is 10.6. The average Bonchev–Trinajstić information content (AvgIpc) is 3.02. The Balaban J connectivity index is 1.96. The molecule has 1 aromatic carbocycles. The van der Waals surface area contributed by atoms with Crippen molar-refractivity contribution >= 4 is 33.1 Å². The Labute approximate surface area is 131 Å². The molecule has 0 spiro atoms. The molecule has 0 aliphatic rings. The fourth-order valence-electron chi connectivity index (χ4n) is 2.81. The van der Waals surface area contributed by atoms with Gasteiger partial charge in [0, 0.05) is 11.6 Å². The van der Waals surface area contributed by atoms with E-state index in [9.17, 15) is 0 Å². The molecule has 0 bridgehead atoms. The molecule has 3 aromatic heterocycles. The maximum atomic E-state index is 6.06. The zero-order valence-corrected chi connectivity index (χ0v) is 13.3. The first-order valence-corrected chi connectivity index (χ1v) is 7.98.